The number of ether oxygens (including phenoxy) is 1. The zero-order valence-corrected chi connectivity index (χ0v) is 19.8. The third kappa shape index (κ3) is 17.1. The topological polar surface area (TPSA) is 116 Å². The fourth-order valence-electron chi connectivity index (χ4n) is 3.65. The Morgan fingerprint density at radius 1 is 0.806 bits per heavy atom. The van der Waals surface area contributed by atoms with E-state index in [1.54, 1.807) is 0 Å². The molecule has 0 saturated carbocycles. The number of esters is 1. The first-order valence-electron chi connectivity index (χ1n) is 12.3. The van der Waals surface area contributed by atoms with Crippen LogP contribution in [0.4, 0.5) is 0 Å². The molecular formula is C24H47NO6. The van der Waals surface area contributed by atoms with Crippen molar-refractivity contribution in [1.82, 2.24) is 5.32 Å². The molecule has 184 valence electrons. The summed E-state index contributed by atoms with van der Waals surface area (Å²) < 4.78 is 4.52. The van der Waals surface area contributed by atoms with Gasteiger partial charge in [0.2, 0.25) is 5.91 Å². The summed E-state index contributed by atoms with van der Waals surface area (Å²) in [4.78, 5) is 23.0. The first-order chi connectivity index (χ1) is 15.0. The van der Waals surface area contributed by atoms with E-state index < -0.39 is 24.9 Å². The van der Waals surface area contributed by atoms with Crippen LogP contribution in [0.1, 0.15) is 110 Å². The van der Waals surface area contributed by atoms with E-state index in [1.807, 2.05) is 0 Å². The van der Waals surface area contributed by atoms with Crippen LogP contribution in [0, 0.1) is 0 Å². The maximum absolute atomic E-state index is 11.9. The lowest BCUT2D eigenvalue weighted by atomic mass is 9.99. The molecule has 0 spiro atoms. The predicted octanol–water partition coefficient (Wildman–Crippen LogP) is 3.62. The van der Waals surface area contributed by atoms with Gasteiger partial charge < -0.3 is 25.4 Å². The van der Waals surface area contributed by atoms with E-state index in [0.29, 0.717) is 12.8 Å². The van der Waals surface area contributed by atoms with Crippen molar-refractivity contribution in [3.63, 3.8) is 0 Å². The van der Waals surface area contributed by atoms with E-state index >= 15 is 0 Å². The Morgan fingerprint density at radius 2 is 1.32 bits per heavy atom. The van der Waals surface area contributed by atoms with Gasteiger partial charge in [-0.2, -0.15) is 0 Å². The first-order valence-corrected chi connectivity index (χ1v) is 12.3. The number of aliphatic hydroxyl groups excluding tert-OH is 3. The van der Waals surface area contributed by atoms with Gasteiger partial charge in [0, 0.05) is 12.8 Å². The van der Waals surface area contributed by atoms with E-state index in [-0.39, 0.29) is 24.7 Å². The van der Waals surface area contributed by atoms with Crippen LogP contribution in [-0.4, -0.2) is 59.2 Å². The van der Waals surface area contributed by atoms with Crippen LogP contribution >= 0.6 is 0 Å². The van der Waals surface area contributed by atoms with Crippen molar-refractivity contribution in [2.75, 3.05) is 13.7 Å². The minimum absolute atomic E-state index is 0.0904. The lowest BCUT2D eigenvalue weighted by molar-refractivity contribution is -0.140. The highest BCUT2D eigenvalue weighted by molar-refractivity contribution is 5.77. The number of unbranched alkanes of at least 4 members (excludes halogenated alkanes) is 11. The van der Waals surface area contributed by atoms with Crippen LogP contribution in [0.2, 0.25) is 0 Å². The van der Waals surface area contributed by atoms with Crippen molar-refractivity contribution in [3.8, 4) is 0 Å². The number of carbonyl (C=O) groups excluding carboxylic acids is 2. The summed E-state index contributed by atoms with van der Waals surface area (Å²) in [5, 5.41) is 32.4. The number of rotatable bonds is 21. The average molecular weight is 446 g/mol. The maximum atomic E-state index is 11.9. The summed E-state index contributed by atoms with van der Waals surface area (Å²) in [6, 6.07) is -0.919. The highest BCUT2D eigenvalue weighted by atomic mass is 16.5. The minimum Gasteiger partial charge on any atom is -0.469 e. The number of carbonyl (C=O) groups is 2. The van der Waals surface area contributed by atoms with Crippen molar-refractivity contribution in [1.29, 1.82) is 0 Å². The molecule has 3 unspecified atom stereocenters. The SMILES string of the molecule is CCCCCCCCCCCCCCC(O)C(O)C(CO)NC(=O)CCCC(=O)OC. The second-order valence-corrected chi connectivity index (χ2v) is 8.52. The zero-order chi connectivity index (χ0) is 23.3. The molecular weight excluding hydrogens is 398 g/mol. The number of aliphatic hydroxyl groups is 3. The Hall–Kier alpha value is -1.18. The van der Waals surface area contributed by atoms with E-state index in [9.17, 15) is 24.9 Å². The van der Waals surface area contributed by atoms with Gasteiger partial charge in [0.15, 0.2) is 0 Å². The van der Waals surface area contributed by atoms with Crippen LogP contribution in [0.15, 0.2) is 0 Å². The highest BCUT2D eigenvalue weighted by Crippen LogP contribution is 2.14. The van der Waals surface area contributed by atoms with Crippen molar-refractivity contribution in [2.45, 2.75) is 128 Å². The number of nitrogens with one attached hydrogen (secondary N) is 1. The van der Waals surface area contributed by atoms with Gasteiger partial charge in [-0.3, -0.25) is 9.59 Å². The third-order valence-electron chi connectivity index (χ3n) is 5.72. The van der Waals surface area contributed by atoms with E-state index in [2.05, 4.69) is 17.0 Å². The number of hydrogen-bond donors (Lipinski definition) is 4. The monoisotopic (exact) mass is 445 g/mol. The molecule has 4 N–H and O–H groups in total. The summed E-state index contributed by atoms with van der Waals surface area (Å²) in [6.45, 7) is 1.78. The van der Waals surface area contributed by atoms with Gasteiger partial charge in [-0.15, -0.1) is 0 Å². The molecule has 0 aliphatic heterocycles. The fourth-order valence-corrected chi connectivity index (χ4v) is 3.65. The van der Waals surface area contributed by atoms with Gasteiger partial charge in [-0.25, -0.2) is 0 Å². The molecule has 0 fully saturated rings. The molecule has 0 aliphatic carbocycles. The van der Waals surface area contributed by atoms with Crippen LogP contribution < -0.4 is 5.32 Å². The molecule has 0 aliphatic rings. The molecule has 0 rings (SSSR count). The van der Waals surface area contributed by atoms with Gasteiger partial charge in [-0.1, -0.05) is 84.0 Å². The molecule has 3 atom stereocenters. The number of hydrogen-bond acceptors (Lipinski definition) is 6. The van der Waals surface area contributed by atoms with Gasteiger partial charge in [0.25, 0.3) is 0 Å². The van der Waals surface area contributed by atoms with E-state index in [4.69, 9.17) is 0 Å². The Bertz CT molecular complexity index is 446. The van der Waals surface area contributed by atoms with Crippen molar-refractivity contribution >= 4 is 11.9 Å². The average Bonchev–Trinajstić information content (AvgIpc) is 2.77. The quantitative estimate of drug-likeness (QED) is 0.158. The number of methoxy groups -OCH3 is 1. The summed E-state index contributed by atoms with van der Waals surface area (Å²) in [5.74, 6) is -0.760. The minimum atomic E-state index is -1.22. The molecule has 0 saturated heterocycles. The van der Waals surface area contributed by atoms with E-state index in [1.165, 1.54) is 64.9 Å². The molecule has 7 heteroatoms. The second kappa shape index (κ2) is 20.7. The molecule has 0 radical (unpaired) electrons. The third-order valence-corrected chi connectivity index (χ3v) is 5.72. The normalized spacial score (nSPS) is 14.1. The standard InChI is InChI=1S/C24H47NO6/c1-3-4-5-6-7-8-9-10-11-12-13-14-16-21(27)24(30)20(19-26)25-22(28)17-15-18-23(29)31-2/h20-21,24,26-27,30H,3-19H2,1-2H3,(H,25,28). The molecule has 0 aromatic rings. The fraction of sp³-hybridized carbons (Fsp3) is 0.917. The molecule has 0 heterocycles. The van der Waals surface area contributed by atoms with Crippen LogP contribution in [0.25, 0.3) is 0 Å². The summed E-state index contributed by atoms with van der Waals surface area (Å²) in [7, 11) is 1.29. The van der Waals surface area contributed by atoms with Gasteiger partial charge >= 0.3 is 5.97 Å². The van der Waals surface area contributed by atoms with Crippen LogP contribution in [0.5, 0.6) is 0 Å². The lowest BCUT2D eigenvalue weighted by Gasteiger charge is -2.26. The van der Waals surface area contributed by atoms with Crippen LogP contribution in [0.3, 0.4) is 0 Å². The Kier molecular flexibility index (Phi) is 19.9. The predicted molar refractivity (Wildman–Crippen MR) is 123 cm³/mol. The van der Waals surface area contributed by atoms with Crippen molar-refractivity contribution in [2.24, 2.45) is 0 Å². The summed E-state index contributed by atoms with van der Waals surface area (Å²) in [5.41, 5.74) is 0. The Morgan fingerprint density at radius 3 is 1.81 bits per heavy atom. The van der Waals surface area contributed by atoms with Gasteiger partial charge in [-0.05, 0) is 12.8 Å². The second-order valence-electron chi connectivity index (χ2n) is 8.52. The zero-order valence-electron chi connectivity index (χ0n) is 19.8. The van der Waals surface area contributed by atoms with Crippen molar-refractivity contribution in [3.05, 3.63) is 0 Å². The molecule has 0 aromatic heterocycles. The number of amides is 1. The molecule has 0 bridgehead atoms. The Labute approximate surface area is 189 Å². The molecule has 0 aromatic carbocycles. The summed E-state index contributed by atoms with van der Waals surface area (Å²) in [6.07, 6.45) is 13.5. The van der Waals surface area contributed by atoms with Crippen molar-refractivity contribution < 1.29 is 29.6 Å². The van der Waals surface area contributed by atoms with Crippen LogP contribution in [-0.2, 0) is 14.3 Å². The highest BCUT2D eigenvalue weighted by Gasteiger charge is 2.26. The first kappa shape index (κ1) is 29.8. The molecule has 1 amide bonds. The summed E-state index contributed by atoms with van der Waals surface area (Å²) >= 11 is 0. The lowest BCUT2D eigenvalue weighted by Crippen LogP contribution is -2.50. The smallest absolute Gasteiger partial charge is 0.305 e. The van der Waals surface area contributed by atoms with Gasteiger partial charge in [0.05, 0.1) is 25.9 Å². The van der Waals surface area contributed by atoms with E-state index in [0.717, 1.165) is 19.3 Å². The maximum Gasteiger partial charge on any atom is 0.305 e. The Balaban J connectivity index is 3.81. The molecule has 7 nitrogen and oxygen atoms in total. The van der Waals surface area contributed by atoms with Gasteiger partial charge in [0.1, 0.15) is 6.10 Å². The largest absolute Gasteiger partial charge is 0.469 e. The molecule has 31 heavy (non-hydrogen) atoms.